The number of rotatable bonds is 5. The van der Waals surface area contributed by atoms with Crippen molar-refractivity contribution >= 4 is 5.78 Å². The lowest BCUT2D eigenvalue weighted by Crippen LogP contribution is -2.09. The summed E-state index contributed by atoms with van der Waals surface area (Å²) < 4.78 is 12.0. The van der Waals surface area contributed by atoms with Gasteiger partial charge in [0.15, 0.2) is 0 Å². The molecule has 0 aliphatic carbocycles. The molecular weight excluding hydrogens is 256 g/mol. The zero-order valence-electron chi connectivity index (χ0n) is 12.1. The summed E-state index contributed by atoms with van der Waals surface area (Å²) in [5.41, 5.74) is 1.94. The number of methoxy groups -OCH3 is 2. The molecular formula is C15H18N2O3. The van der Waals surface area contributed by atoms with Crippen molar-refractivity contribution in [3.63, 3.8) is 0 Å². The largest absolute Gasteiger partial charge is 0.497 e. The number of aryl methyl sites for hydroxylation is 2. The molecule has 0 aliphatic heterocycles. The highest BCUT2D eigenvalue weighted by atomic mass is 16.5. The van der Waals surface area contributed by atoms with E-state index < -0.39 is 0 Å². The summed E-state index contributed by atoms with van der Waals surface area (Å²) >= 11 is 0. The van der Waals surface area contributed by atoms with Crippen LogP contribution in [-0.2, 0) is 13.5 Å². The minimum Gasteiger partial charge on any atom is -0.497 e. The third-order valence-electron chi connectivity index (χ3n) is 3.18. The van der Waals surface area contributed by atoms with Crippen LogP contribution in [0.25, 0.3) is 0 Å². The number of aromatic nitrogens is 2. The lowest BCUT2D eigenvalue weighted by Gasteiger charge is -2.09. The molecule has 0 bridgehead atoms. The Morgan fingerprint density at radius 2 is 2.00 bits per heavy atom. The topological polar surface area (TPSA) is 53.4 Å². The van der Waals surface area contributed by atoms with Gasteiger partial charge in [0.1, 0.15) is 17.2 Å². The number of ketones is 1. The lowest BCUT2D eigenvalue weighted by molar-refractivity contribution is 0.102. The molecule has 106 valence electrons. The normalized spacial score (nSPS) is 10.4. The van der Waals surface area contributed by atoms with Crippen LogP contribution in [0.5, 0.6) is 11.5 Å². The average molecular weight is 274 g/mol. The minimum atomic E-state index is -0.112. The summed E-state index contributed by atoms with van der Waals surface area (Å²) in [4.78, 5) is 12.6. The van der Waals surface area contributed by atoms with E-state index in [1.165, 1.54) is 7.11 Å². The van der Waals surface area contributed by atoms with Crippen LogP contribution in [0.4, 0.5) is 0 Å². The summed E-state index contributed by atoms with van der Waals surface area (Å²) in [6, 6.07) is 6.96. The van der Waals surface area contributed by atoms with E-state index in [0.717, 1.165) is 12.1 Å². The van der Waals surface area contributed by atoms with Gasteiger partial charge >= 0.3 is 0 Å². The van der Waals surface area contributed by atoms with Gasteiger partial charge < -0.3 is 9.47 Å². The van der Waals surface area contributed by atoms with E-state index in [4.69, 9.17) is 9.47 Å². The van der Waals surface area contributed by atoms with Crippen molar-refractivity contribution in [3.8, 4) is 11.5 Å². The number of ether oxygens (including phenoxy) is 2. The number of carbonyl (C=O) groups excluding carboxylic acids is 1. The van der Waals surface area contributed by atoms with Gasteiger partial charge in [0.05, 0.1) is 25.5 Å². The molecule has 0 saturated carbocycles. The first-order chi connectivity index (χ1) is 9.60. The fourth-order valence-corrected chi connectivity index (χ4v) is 2.04. The van der Waals surface area contributed by atoms with Gasteiger partial charge in [-0.2, -0.15) is 5.10 Å². The van der Waals surface area contributed by atoms with E-state index in [0.29, 0.717) is 22.8 Å². The van der Waals surface area contributed by atoms with Crippen molar-refractivity contribution in [2.45, 2.75) is 13.3 Å². The van der Waals surface area contributed by atoms with Crippen LogP contribution < -0.4 is 9.47 Å². The third-order valence-corrected chi connectivity index (χ3v) is 3.18. The van der Waals surface area contributed by atoms with Crippen LogP contribution in [-0.4, -0.2) is 29.8 Å². The Morgan fingerprint density at radius 1 is 1.25 bits per heavy atom. The zero-order valence-corrected chi connectivity index (χ0v) is 12.1. The fraction of sp³-hybridized carbons (Fsp3) is 0.333. The molecule has 0 fully saturated rings. The maximum Gasteiger partial charge on any atom is 0.214 e. The van der Waals surface area contributed by atoms with Gasteiger partial charge in [0.25, 0.3) is 0 Å². The summed E-state index contributed by atoms with van der Waals surface area (Å²) in [5, 5.41) is 4.30. The molecule has 2 rings (SSSR count). The Balaban J connectivity index is 2.44. The molecule has 0 radical (unpaired) electrons. The standard InChI is InChI=1S/C15H18N2O3/c1-5-10-8-13(17(2)16-10)15(18)12-7-6-11(19-3)9-14(12)20-4/h6-9H,5H2,1-4H3. The summed E-state index contributed by atoms with van der Waals surface area (Å²) in [6.45, 7) is 2.00. The van der Waals surface area contributed by atoms with Crippen molar-refractivity contribution < 1.29 is 14.3 Å². The highest BCUT2D eigenvalue weighted by Gasteiger charge is 2.19. The van der Waals surface area contributed by atoms with E-state index in [-0.39, 0.29) is 5.78 Å². The summed E-state index contributed by atoms with van der Waals surface area (Å²) in [7, 11) is 4.87. The van der Waals surface area contributed by atoms with E-state index in [9.17, 15) is 4.79 Å². The predicted octanol–water partition coefficient (Wildman–Crippen LogP) is 2.23. The molecule has 5 heteroatoms. The van der Waals surface area contributed by atoms with Crippen LogP contribution in [0.2, 0.25) is 0 Å². The van der Waals surface area contributed by atoms with Crippen molar-refractivity contribution in [2.24, 2.45) is 7.05 Å². The van der Waals surface area contributed by atoms with E-state index in [1.54, 1.807) is 37.0 Å². The fourth-order valence-electron chi connectivity index (χ4n) is 2.04. The van der Waals surface area contributed by atoms with E-state index in [2.05, 4.69) is 5.10 Å². The molecule has 2 aromatic rings. The van der Waals surface area contributed by atoms with Gasteiger partial charge in [-0.3, -0.25) is 9.48 Å². The van der Waals surface area contributed by atoms with Crippen molar-refractivity contribution in [1.82, 2.24) is 9.78 Å². The van der Waals surface area contributed by atoms with Gasteiger partial charge in [0.2, 0.25) is 5.78 Å². The molecule has 0 saturated heterocycles. The molecule has 1 aromatic carbocycles. The SMILES string of the molecule is CCc1cc(C(=O)c2ccc(OC)cc2OC)n(C)n1. The van der Waals surface area contributed by atoms with Crippen molar-refractivity contribution in [3.05, 3.63) is 41.2 Å². The van der Waals surface area contributed by atoms with Crippen LogP contribution in [0.3, 0.4) is 0 Å². The lowest BCUT2D eigenvalue weighted by atomic mass is 10.1. The molecule has 1 heterocycles. The third kappa shape index (κ3) is 2.52. The molecule has 0 N–H and O–H groups in total. The van der Waals surface area contributed by atoms with Gasteiger partial charge in [-0.15, -0.1) is 0 Å². The monoisotopic (exact) mass is 274 g/mol. The number of hydrogen-bond acceptors (Lipinski definition) is 4. The Morgan fingerprint density at radius 3 is 2.55 bits per heavy atom. The number of benzene rings is 1. The quantitative estimate of drug-likeness (QED) is 0.785. The summed E-state index contributed by atoms with van der Waals surface area (Å²) in [6.07, 6.45) is 0.793. The zero-order chi connectivity index (χ0) is 14.7. The van der Waals surface area contributed by atoms with Crippen LogP contribution in [0.15, 0.2) is 24.3 Å². The second-order valence-corrected chi connectivity index (χ2v) is 4.39. The number of hydrogen-bond donors (Lipinski definition) is 0. The van der Waals surface area contributed by atoms with Gasteiger partial charge in [-0.25, -0.2) is 0 Å². The smallest absolute Gasteiger partial charge is 0.214 e. The summed E-state index contributed by atoms with van der Waals surface area (Å²) in [5.74, 6) is 1.03. The van der Waals surface area contributed by atoms with E-state index in [1.807, 2.05) is 13.0 Å². The second kappa shape index (κ2) is 5.77. The molecule has 5 nitrogen and oxygen atoms in total. The predicted molar refractivity (Wildman–Crippen MR) is 75.6 cm³/mol. The highest BCUT2D eigenvalue weighted by molar-refractivity contribution is 6.09. The maximum atomic E-state index is 12.6. The van der Waals surface area contributed by atoms with Gasteiger partial charge in [-0.1, -0.05) is 6.92 Å². The number of carbonyl (C=O) groups is 1. The molecule has 0 amide bonds. The van der Waals surface area contributed by atoms with Crippen LogP contribution >= 0.6 is 0 Å². The molecule has 0 aliphatic rings. The average Bonchev–Trinajstić information content (AvgIpc) is 2.86. The number of nitrogens with zero attached hydrogens (tertiary/aromatic N) is 2. The first-order valence-electron chi connectivity index (χ1n) is 6.40. The molecule has 20 heavy (non-hydrogen) atoms. The second-order valence-electron chi connectivity index (χ2n) is 4.39. The first-order valence-corrected chi connectivity index (χ1v) is 6.40. The van der Waals surface area contributed by atoms with Crippen molar-refractivity contribution in [2.75, 3.05) is 14.2 Å². The molecule has 1 aromatic heterocycles. The van der Waals surface area contributed by atoms with Crippen molar-refractivity contribution in [1.29, 1.82) is 0 Å². The Bertz CT molecular complexity index is 632. The Kier molecular flexibility index (Phi) is 4.08. The Hall–Kier alpha value is -2.30. The molecule has 0 unspecified atom stereocenters. The molecule has 0 spiro atoms. The minimum absolute atomic E-state index is 0.112. The Labute approximate surface area is 118 Å². The van der Waals surface area contributed by atoms with Gasteiger partial charge in [0, 0.05) is 13.1 Å². The molecule has 0 atom stereocenters. The first kappa shape index (κ1) is 14.1. The van der Waals surface area contributed by atoms with E-state index >= 15 is 0 Å². The van der Waals surface area contributed by atoms with Crippen LogP contribution in [0.1, 0.15) is 28.7 Å². The van der Waals surface area contributed by atoms with Crippen LogP contribution in [0, 0.1) is 0 Å². The highest BCUT2D eigenvalue weighted by Crippen LogP contribution is 2.26. The van der Waals surface area contributed by atoms with Gasteiger partial charge in [-0.05, 0) is 24.6 Å². The maximum absolute atomic E-state index is 12.6.